The van der Waals surface area contributed by atoms with E-state index in [9.17, 15) is 0 Å². The highest BCUT2D eigenvalue weighted by molar-refractivity contribution is 5.69. The summed E-state index contributed by atoms with van der Waals surface area (Å²) in [6.07, 6.45) is 13.3. The lowest BCUT2D eigenvalue weighted by atomic mass is 9.81. The molecule has 3 aromatic rings. The molecule has 128 valence electrons. The molecule has 1 aliphatic carbocycles. The van der Waals surface area contributed by atoms with Gasteiger partial charge in [-0.05, 0) is 36.5 Å². The molecule has 5 rings (SSSR count). The maximum absolute atomic E-state index is 5.85. The smallest absolute Gasteiger partial charge is 0.168 e. The topological polar surface area (TPSA) is 61.5 Å². The summed E-state index contributed by atoms with van der Waals surface area (Å²) in [7, 11) is 0. The van der Waals surface area contributed by atoms with Crippen LogP contribution in [0.3, 0.4) is 0 Å². The van der Waals surface area contributed by atoms with Gasteiger partial charge >= 0.3 is 0 Å². The van der Waals surface area contributed by atoms with Crippen LogP contribution in [0.2, 0.25) is 0 Å². The Morgan fingerprint density at radius 1 is 1.00 bits per heavy atom. The normalized spacial score (nSPS) is 20.5. The van der Waals surface area contributed by atoms with Gasteiger partial charge in [0.15, 0.2) is 5.79 Å². The van der Waals surface area contributed by atoms with Crippen LogP contribution < -0.4 is 0 Å². The molecule has 0 amide bonds. The van der Waals surface area contributed by atoms with E-state index in [4.69, 9.17) is 9.47 Å². The van der Waals surface area contributed by atoms with Crippen molar-refractivity contribution in [3.63, 3.8) is 0 Å². The molecule has 0 N–H and O–H groups in total. The zero-order chi connectivity index (χ0) is 16.7. The van der Waals surface area contributed by atoms with E-state index in [1.165, 1.54) is 5.56 Å². The molecule has 3 aromatic heterocycles. The summed E-state index contributed by atoms with van der Waals surface area (Å²) in [6.45, 7) is 1.45. The fraction of sp³-hybridized carbons (Fsp3) is 0.421. The Labute approximate surface area is 145 Å². The van der Waals surface area contributed by atoms with Crippen LogP contribution in [-0.2, 0) is 9.47 Å². The first kappa shape index (κ1) is 15.0. The summed E-state index contributed by atoms with van der Waals surface area (Å²) in [5.74, 6) is 0.185. The number of pyridine rings is 1. The molecule has 2 fully saturated rings. The van der Waals surface area contributed by atoms with Gasteiger partial charge in [-0.15, -0.1) is 0 Å². The largest absolute Gasteiger partial charge is 0.348 e. The molecule has 4 heterocycles. The van der Waals surface area contributed by atoms with Crippen molar-refractivity contribution in [1.82, 2.24) is 19.6 Å². The number of ether oxygens (including phenoxy) is 2. The monoisotopic (exact) mass is 336 g/mol. The van der Waals surface area contributed by atoms with Crippen LogP contribution in [0.4, 0.5) is 0 Å². The van der Waals surface area contributed by atoms with E-state index in [0.717, 1.165) is 55.5 Å². The van der Waals surface area contributed by atoms with Crippen LogP contribution in [0, 0.1) is 0 Å². The van der Waals surface area contributed by atoms with Gasteiger partial charge in [0.25, 0.3) is 0 Å². The van der Waals surface area contributed by atoms with E-state index in [1.54, 1.807) is 6.33 Å². The Morgan fingerprint density at radius 3 is 2.52 bits per heavy atom. The van der Waals surface area contributed by atoms with Crippen LogP contribution in [0.25, 0.3) is 16.6 Å². The van der Waals surface area contributed by atoms with E-state index in [-0.39, 0.29) is 5.79 Å². The van der Waals surface area contributed by atoms with Crippen molar-refractivity contribution >= 4 is 5.52 Å². The van der Waals surface area contributed by atoms with Crippen molar-refractivity contribution < 1.29 is 9.47 Å². The Kier molecular flexibility index (Phi) is 3.53. The lowest BCUT2D eigenvalue weighted by Crippen LogP contribution is -2.34. The Hall–Kier alpha value is -2.31. The highest BCUT2D eigenvalue weighted by atomic mass is 16.7. The molecule has 1 spiro atoms. The van der Waals surface area contributed by atoms with E-state index >= 15 is 0 Å². The first-order valence-corrected chi connectivity index (χ1v) is 8.84. The average molecular weight is 336 g/mol. The lowest BCUT2D eigenvalue weighted by molar-refractivity contribution is -0.178. The number of hydrogen-bond donors (Lipinski definition) is 0. The second-order valence-electron chi connectivity index (χ2n) is 6.85. The molecular formula is C19H20N4O2. The van der Waals surface area contributed by atoms with Crippen molar-refractivity contribution in [2.24, 2.45) is 0 Å². The predicted octanol–water partition coefficient (Wildman–Crippen LogP) is 3.19. The van der Waals surface area contributed by atoms with E-state index < -0.39 is 0 Å². The average Bonchev–Trinajstić information content (AvgIpc) is 3.30. The maximum Gasteiger partial charge on any atom is 0.168 e. The van der Waals surface area contributed by atoms with E-state index in [1.807, 2.05) is 29.3 Å². The summed E-state index contributed by atoms with van der Waals surface area (Å²) in [4.78, 5) is 8.24. The van der Waals surface area contributed by atoms with Gasteiger partial charge in [-0.3, -0.25) is 0 Å². The molecule has 0 radical (unpaired) electrons. The fourth-order valence-electron chi connectivity index (χ4n) is 4.10. The molecular weight excluding hydrogens is 316 g/mol. The first-order chi connectivity index (χ1) is 12.3. The van der Waals surface area contributed by atoms with Gasteiger partial charge in [0.05, 0.1) is 24.9 Å². The molecule has 0 atom stereocenters. The molecule has 0 aromatic carbocycles. The van der Waals surface area contributed by atoms with Gasteiger partial charge in [0.2, 0.25) is 0 Å². The minimum absolute atomic E-state index is 0.313. The van der Waals surface area contributed by atoms with Gasteiger partial charge < -0.3 is 9.47 Å². The van der Waals surface area contributed by atoms with Gasteiger partial charge in [-0.25, -0.2) is 14.5 Å². The summed E-state index contributed by atoms with van der Waals surface area (Å²) < 4.78 is 13.7. The molecule has 1 saturated heterocycles. The standard InChI is InChI=1S/C19H20N4O2/c1-4-19(24-7-8-25-19)5-2-14(1)17-12-22-23-6-3-15(9-18(17)23)16-10-20-13-21-11-16/h3,6,9-14H,1-2,4-5,7-8H2. The molecule has 0 unspecified atom stereocenters. The zero-order valence-electron chi connectivity index (χ0n) is 14.0. The molecule has 2 aliphatic rings. The lowest BCUT2D eigenvalue weighted by Gasteiger charge is -2.35. The molecule has 6 nitrogen and oxygen atoms in total. The number of aromatic nitrogens is 4. The van der Waals surface area contributed by atoms with Crippen LogP contribution >= 0.6 is 0 Å². The first-order valence-electron chi connectivity index (χ1n) is 8.84. The number of nitrogens with zero attached hydrogens (tertiary/aromatic N) is 4. The van der Waals surface area contributed by atoms with E-state index in [2.05, 4.69) is 27.2 Å². The third-order valence-electron chi connectivity index (χ3n) is 5.45. The van der Waals surface area contributed by atoms with Gasteiger partial charge in [-0.2, -0.15) is 5.10 Å². The van der Waals surface area contributed by atoms with Crippen molar-refractivity contribution in [3.8, 4) is 11.1 Å². The number of fused-ring (bicyclic) bond motifs is 1. The number of rotatable bonds is 2. The van der Waals surface area contributed by atoms with Crippen LogP contribution in [0.1, 0.15) is 37.2 Å². The third kappa shape index (κ3) is 2.62. The third-order valence-corrected chi connectivity index (χ3v) is 5.45. The van der Waals surface area contributed by atoms with Crippen molar-refractivity contribution in [2.45, 2.75) is 37.4 Å². The Bertz CT molecular complexity index is 877. The van der Waals surface area contributed by atoms with Gasteiger partial charge in [0, 0.05) is 42.6 Å². The van der Waals surface area contributed by atoms with Crippen LogP contribution in [0.5, 0.6) is 0 Å². The van der Waals surface area contributed by atoms with Gasteiger partial charge in [-0.1, -0.05) is 0 Å². The predicted molar refractivity (Wildman–Crippen MR) is 92.1 cm³/mol. The van der Waals surface area contributed by atoms with E-state index in [0.29, 0.717) is 5.92 Å². The van der Waals surface area contributed by atoms with Crippen LogP contribution in [-0.4, -0.2) is 38.6 Å². The molecule has 1 aliphatic heterocycles. The Morgan fingerprint density at radius 2 is 1.76 bits per heavy atom. The highest BCUT2D eigenvalue weighted by Crippen LogP contribution is 2.43. The highest BCUT2D eigenvalue weighted by Gasteiger charge is 2.41. The minimum Gasteiger partial charge on any atom is -0.348 e. The summed E-state index contributed by atoms with van der Waals surface area (Å²) in [5, 5.41) is 4.54. The summed E-state index contributed by atoms with van der Waals surface area (Å²) >= 11 is 0. The molecule has 6 heteroatoms. The molecule has 0 bridgehead atoms. The Balaban J connectivity index is 1.46. The fourth-order valence-corrected chi connectivity index (χ4v) is 4.10. The second kappa shape index (κ2) is 5.89. The number of hydrogen-bond acceptors (Lipinski definition) is 5. The minimum atomic E-state index is -0.313. The second-order valence-corrected chi connectivity index (χ2v) is 6.85. The van der Waals surface area contributed by atoms with Crippen molar-refractivity contribution in [3.05, 3.63) is 48.8 Å². The quantitative estimate of drug-likeness (QED) is 0.719. The maximum atomic E-state index is 5.85. The summed E-state index contributed by atoms with van der Waals surface area (Å²) in [6, 6.07) is 4.24. The van der Waals surface area contributed by atoms with Crippen molar-refractivity contribution in [2.75, 3.05) is 13.2 Å². The zero-order valence-corrected chi connectivity index (χ0v) is 14.0. The van der Waals surface area contributed by atoms with Gasteiger partial charge in [0.1, 0.15) is 6.33 Å². The molecule has 1 saturated carbocycles. The molecule has 25 heavy (non-hydrogen) atoms. The summed E-state index contributed by atoms with van der Waals surface area (Å²) in [5.41, 5.74) is 4.61. The van der Waals surface area contributed by atoms with Crippen LogP contribution in [0.15, 0.2) is 43.2 Å². The van der Waals surface area contributed by atoms with Crippen molar-refractivity contribution in [1.29, 1.82) is 0 Å². The SMILES string of the molecule is c1ncc(-c2ccn3ncc(C4CCC5(CC4)OCCO5)c3c2)cn1.